The van der Waals surface area contributed by atoms with Crippen molar-refractivity contribution >= 4 is 40.8 Å². The van der Waals surface area contributed by atoms with Crippen LogP contribution in [0.15, 0.2) is 9.95 Å². The molecule has 0 aromatic carbocycles. The van der Waals surface area contributed by atoms with E-state index in [1.54, 1.807) is 10.8 Å². The smallest absolute Gasteiger partial charge is 0.302 e. The van der Waals surface area contributed by atoms with Crippen molar-refractivity contribution in [3.63, 3.8) is 0 Å². The Balaban J connectivity index is 2.25. The maximum atomic E-state index is 12.1. The molecule has 0 saturated carbocycles. The van der Waals surface area contributed by atoms with E-state index in [4.69, 9.17) is 9.47 Å². The van der Waals surface area contributed by atoms with Crippen molar-refractivity contribution in [3.05, 3.63) is 10.4 Å². The fourth-order valence-corrected chi connectivity index (χ4v) is 2.43. The number of H-pyrrole nitrogens is 1. The number of nitrogens with one attached hydrogen (secondary N) is 2. The summed E-state index contributed by atoms with van der Waals surface area (Å²) < 4.78 is 11.8. The molecule has 0 atom stereocenters. The van der Waals surface area contributed by atoms with E-state index >= 15 is 0 Å². The highest BCUT2D eigenvalue weighted by Gasteiger charge is 2.16. The number of amides is 1. The van der Waals surface area contributed by atoms with E-state index < -0.39 is 5.56 Å². The highest BCUT2D eigenvalue weighted by atomic mass is 32.2. The first-order valence-electron chi connectivity index (χ1n) is 6.95. The predicted octanol–water partition coefficient (Wildman–Crippen LogP) is 0.337. The number of aromatic nitrogens is 4. The lowest BCUT2D eigenvalue weighted by Crippen LogP contribution is -2.17. The van der Waals surface area contributed by atoms with Crippen LogP contribution in [0.5, 0.6) is 0 Å². The number of carbonyl (C=O) groups is 2. The van der Waals surface area contributed by atoms with Gasteiger partial charge in [-0.3, -0.25) is 29.3 Å². The van der Waals surface area contributed by atoms with Crippen molar-refractivity contribution in [2.24, 2.45) is 0 Å². The van der Waals surface area contributed by atoms with Gasteiger partial charge in [0.15, 0.2) is 16.3 Å². The molecule has 0 radical (unpaired) electrons. The van der Waals surface area contributed by atoms with Gasteiger partial charge in [0, 0.05) is 13.8 Å². The Morgan fingerprint density at radius 2 is 2.04 bits per heavy atom. The highest BCUT2D eigenvalue weighted by molar-refractivity contribution is 7.98. The zero-order valence-electron chi connectivity index (χ0n) is 13.4. The molecule has 10 nitrogen and oxygen atoms in total. The van der Waals surface area contributed by atoms with E-state index in [2.05, 4.69) is 20.3 Å². The van der Waals surface area contributed by atoms with E-state index in [9.17, 15) is 14.4 Å². The van der Waals surface area contributed by atoms with Gasteiger partial charge in [-0.1, -0.05) is 11.8 Å². The summed E-state index contributed by atoms with van der Waals surface area (Å²) in [7, 11) is 0. The summed E-state index contributed by atoms with van der Waals surface area (Å²) >= 11 is 1.32. The monoisotopic (exact) mass is 355 g/mol. The van der Waals surface area contributed by atoms with Crippen molar-refractivity contribution in [2.75, 3.05) is 24.8 Å². The molecule has 0 aliphatic rings. The van der Waals surface area contributed by atoms with Crippen LogP contribution in [0.2, 0.25) is 0 Å². The number of anilines is 1. The van der Waals surface area contributed by atoms with Crippen molar-refractivity contribution in [1.29, 1.82) is 0 Å². The second-order valence-electron chi connectivity index (χ2n) is 4.67. The molecule has 0 aliphatic carbocycles. The minimum atomic E-state index is -0.460. The Morgan fingerprint density at radius 1 is 1.29 bits per heavy atom. The van der Waals surface area contributed by atoms with Crippen LogP contribution < -0.4 is 10.9 Å². The van der Waals surface area contributed by atoms with Crippen LogP contribution >= 0.6 is 11.8 Å². The topological polar surface area (TPSA) is 128 Å². The number of aromatic amines is 1. The van der Waals surface area contributed by atoms with Crippen molar-refractivity contribution < 1.29 is 19.1 Å². The minimum absolute atomic E-state index is 0.0358. The van der Waals surface area contributed by atoms with Gasteiger partial charge in [-0.2, -0.15) is 4.98 Å². The Labute approximate surface area is 140 Å². The molecule has 0 aliphatic heterocycles. The molecular weight excluding hydrogens is 338 g/mol. The first-order valence-corrected chi connectivity index (χ1v) is 8.18. The number of esters is 1. The quantitative estimate of drug-likeness (QED) is 0.413. The Morgan fingerprint density at radius 3 is 2.67 bits per heavy atom. The van der Waals surface area contributed by atoms with E-state index in [1.807, 2.05) is 0 Å². The first-order chi connectivity index (χ1) is 11.4. The van der Waals surface area contributed by atoms with Crippen molar-refractivity contribution in [3.8, 4) is 0 Å². The van der Waals surface area contributed by atoms with Gasteiger partial charge in [-0.25, -0.2) is 4.98 Å². The number of hydrogen-bond acceptors (Lipinski definition) is 8. The van der Waals surface area contributed by atoms with Crippen LogP contribution in [0.1, 0.15) is 13.8 Å². The first kappa shape index (κ1) is 17.9. The molecule has 2 heterocycles. The minimum Gasteiger partial charge on any atom is -0.463 e. The largest absolute Gasteiger partial charge is 0.463 e. The fraction of sp³-hybridized carbons (Fsp3) is 0.462. The molecule has 0 saturated heterocycles. The molecular formula is C13H17N5O5S. The number of rotatable bonds is 7. The average Bonchev–Trinajstić information content (AvgIpc) is 2.84. The normalized spacial score (nSPS) is 10.8. The maximum absolute atomic E-state index is 12.1. The molecule has 2 aromatic rings. The second kappa shape index (κ2) is 7.93. The lowest BCUT2D eigenvalue weighted by molar-refractivity contribution is -0.142. The summed E-state index contributed by atoms with van der Waals surface area (Å²) in [5.41, 5.74) is -0.0194. The molecule has 0 spiro atoms. The number of carbonyl (C=O) groups excluding carboxylic acids is 2. The lowest BCUT2D eigenvalue weighted by atomic mass is 10.5. The van der Waals surface area contributed by atoms with Crippen molar-refractivity contribution in [2.45, 2.75) is 25.7 Å². The van der Waals surface area contributed by atoms with Gasteiger partial charge in [0.25, 0.3) is 5.56 Å². The molecule has 1 amide bonds. The van der Waals surface area contributed by atoms with E-state index in [0.717, 1.165) is 0 Å². The molecule has 2 aromatic heterocycles. The van der Waals surface area contributed by atoms with Gasteiger partial charge in [-0.15, -0.1) is 0 Å². The number of hydrogen-bond donors (Lipinski definition) is 2. The van der Waals surface area contributed by atoms with E-state index in [-0.39, 0.29) is 43.3 Å². The summed E-state index contributed by atoms with van der Waals surface area (Å²) in [4.78, 5) is 44.8. The van der Waals surface area contributed by atoms with Crippen LogP contribution in [0.25, 0.3) is 11.2 Å². The lowest BCUT2D eigenvalue weighted by Gasteiger charge is -2.09. The van der Waals surface area contributed by atoms with Gasteiger partial charge in [0.1, 0.15) is 13.3 Å². The summed E-state index contributed by atoms with van der Waals surface area (Å²) in [6.45, 7) is 3.02. The van der Waals surface area contributed by atoms with Gasteiger partial charge < -0.3 is 9.47 Å². The second-order valence-corrected chi connectivity index (χ2v) is 5.45. The number of fused-ring (bicyclic) bond motifs is 1. The van der Waals surface area contributed by atoms with Crippen LogP contribution in [0.4, 0.5) is 5.95 Å². The SMILES string of the molecule is CSc1nc2c(=O)[nH]c(NC(C)=O)nc2n1COCCOC(C)=O. The molecule has 130 valence electrons. The predicted molar refractivity (Wildman–Crippen MR) is 86.8 cm³/mol. The van der Waals surface area contributed by atoms with Crippen LogP contribution in [0.3, 0.4) is 0 Å². The van der Waals surface area contributed by atoms with Gasteiger partial charge in [0.2, 0.25) is 11.9 Å². The molecule has 0 bridgehead atoms. The van der Waals surface area contributed by atoms with Gasteiger partial charge in [0.05, 0.1) is 6.61 Å². The van der Waals surface area contributed by atoms with Crippen LogP contribution in [0, 0.1) is 0 Å². The summed E-state index contributed by atoms with van der Waals surface area (Å²) in [6, 6.07) is 0. The van der Waals surface area contributed by atoms with Crippen LogP contribution in [-0.4, -0.2) is 50.9 Å². The Kier molecular flexibility index (Phi) is 5.93. The zero-order valence-corrected chi connectivity index (χ0v) is 14.2. The third-order valence-corrected chi connectivity index (χ3v) is 3.48. The molecule has 11 heteroatoms. The Bertz CT molecular complexity index is 815. The standard InChI is InChI=1S/C13H17N5O5S/c1-7(19)14-12-16-10-9(11(21)17-12)15-13(24-3)18(10)6-22-4-5-23-8(2)20/h4-6H2,1-3H3,(H2,14,16,17,19,21). The number of imidazole rings is 1. The van der Waals surface area contributed by atoms with Gasteiger partial charge in [-0.05, 0) is 6.26 Å². The molecule has 0 unspecified atom stereocenters. The van der Waals surface area contributed by atoms with E-state index in [1.165, 1.54) is 25.6 Å². The number of ether oxygens (including phenoxy) is 2. The molecule has 0 fully saturated rings. The summed E-state index contributed by atoms with van der Waals surface area (Å²) in [6.07, 6.45) is 1.81. The summed E-state index contributed by atoms with van der Waals surface area (Å²) in [5, 5.41) is 2.97. The zero-order chi connectivity index (χ0) is 17.7. The Hall–Kier alpha value is -2.40. The third kappa shape index (κ3) is 4.32. The number of nitrogens with zero attached hydrogens (tertiary/aromatic N) is 3. The van der Waals surface area contributed by atoms with E-state index in [0.29, 0.717) is 10.8 Å². The summed E-state index contributed by atoms with van der Waals surface area (Å²) in [5.74, 6) is -0.704. The van der Waals surface area contributed by atoms with Crippen LogP contribution in [-0.2, 0) is 25.8 Å². The van der Waals surface area contributed by atoms with Gasteiger partial charge >= 0.3 is 5.97 Å². The molecule has 2 rings (SSSR count). The van der Waals surface area contributed by atoms with Crippen molar-refractivity contribution in [1.82, 2.24) is 19.5 Å². The molecule has 2 N–H and O–H groups in total. The third-order valence-electron chi connectivity index (χ3n) is 2.80. The highest BCUT2D eigenvalue weighted by Crippen LogP contribution is 2.19. The number of thioether (sulfide) groups is 1. The maximum Gasteiger partial charge on any atom is 0.302 e. The molecule has 24 heavy (non-hydrogen) atoms. The fourth-order valence-electron chi connectivity index (χ4n) is 1.89. The average molecular weight is 355 g/mol.